The van der Waals surface area contributed by atoms with Gasteiger partial charge in [-0.1, -0.05) is 23.8 Å². The average molecular weight is 251 g/mol. The van der Waals surface area contributed by atoms with Gasteiger partial charge in [0, 0.05) is 18.4 Å². The molecule has 17 heavy (non-hydrogen) atoms. The van der Waals surface area contributed by atoms with Crippen LogP contribution in [0.3, 0.4) is 0 Å². The van der Waals surface area contributed by atoms with Crippen molar-refractivity contribution in [3.8, 4) is 0 Å². The van der Waals surface area contributed by atoms with Crippen molar-refractivity contribution >= 4 is 22.8 Å². The van der Waals surface area contributed by atoms with Crippen molar-refractivity contribution in [2.75, 3.05) is 6.61 Å². The third-order valence-corrected chi connectivity index (χ3v) is 3.56. The Morgan fingerprint density at radius 3 is 2.88 bits per heavy atom. The molecule has 1 aliphatic rings. The van der Waals surface area contributed by atoms with Gasteiger partial charge in [-0.3, -0.25) is 0 Å². The summed E-state index contributed by atoms with van der Waals surface area (Å²) in [6, 6.07) is 0. The van der Waals surface area contributed by atoms with E-state index in [1.54, 1.807) is 6.33 Å². The molecule has 0 amide bonds. The van der Waals surface area contributed by atoms with Gasteiger partial charge in [0.1, 0.15) is 11.8 Å². The van der Waals surface area contributed by atoms with Crippen LogP contribution >= 0.6 is 11.6 Å². The Hall–Kier alpha value is -1.46. The Morgan fingerprint density at radius 1 is 1.35 bits per heavy atom. The summed E-state index contributed by atoms with van der Waals surface area (Å²) in [5.41, 5.74) is 2.42. The maximum Gasteiger partial charge on any atom is 0.182 e. The van der Waals surface area contributed by atoms with Gasteiger partial charge in [0.2, 0.25) is 0 Å². The number of aliphatic hydroxyl groups excluding tert-OH is 1. The molecular weight excluding hydrogens is 240 g/mol. The number of imidazole rings is 1. The van der Waals surface area contributed by atoms with E-state index in [9.17, 15) is 0 Å². The molecule has 1 N–H and O–H groups in total. The van der Waals surface area contributed by atoms with E-state index in [0.717, 1.165) is 11.1 Å². The second-order valence-corrected chi connectivity index (χ2v) is 4.56. The first kappa shape index (κ1) is 10.7. The summed E-state index contributed by atoms with van der Waals surface area (Å²) in [6.45, 7) is 4.79. The van der Waals surface area contributed by atoms with Crippen LogP contribution in [-0.4, -0.2) is 31.2 Å². The summed E-state index contributed by atoms with van der Waals surface area (Å²) in [4.78, 5) is 12.2. The predicted octanol–water partition coefficient (Wildman–Crippen LogP) is 1.27. The standard InChI is InChI=1S/C11H11ClN4O/c1-6-7(8(6)3-17)2-16-5-15-11-9(16)10(12)13-4-14-11/h4-5,7-8,17H,1-3H2/t7-,8-/m0/s1. The lowest BCUT2D eigenvalue weighted by molar-refractivity contribution is 0.269. The molecule has 1 fully saturated rings. The minimum absolute atomic E-state index is 0.153. The van der Waals surface area contributed by atoms with Crippen molar-refractivity contribution in [3.63, 3.8) is 0 Å². The summed E-state index contributed by atoms with van der Waals surface area (Å²) >= 11 is 6.03. The number of hydrogen-bond donors (Lipinski definition) is 1. The number of fused-ring (bicyclic) bond motifs is 1. The number of halogens is 1. The predicted molar refractivity (Wildman–Crippen MR) is 63.5 cm³/mol. The van der Waals surface area contributed by atoms with Crippen LogP contribution in [0.1, 0.15) is 0 Å². The van der Waals surface area contributed by atoms with Gasteiger partial charge >= 0.3 is 0 Å². The summed E-state index contributed by atoms with van der Waals surface area (Å²) in [7, 11) is 0. The van der Waals surface area contributed by atoms with Gasteiger partial charge < -0.3 is 9.67 Å². The molecule has 2 aromatic heterocycles. The van der Waals surface area contributed by atoms with Gasteiger partial charge in [0.25, 0.3) is 0 Å². The van der Waals surface area contributed by atoms with Crippen LogP contribution in [0.25, 0.3) is 11.2 Å². The van der Waals surface area contributed by atoms with Crippen LogP contribution in [0.15, 0.2) is 24.8 Å². The van der Waals surface area contributed by atoms with Gasteiger partial charge in [-0.15, -0.1) is 0 Å². The zero-order valence-electron chi connectivity index (χ0n) is 9.04. The van der Waals surface area contributed by atoms with Gasteiger partial charge in [0.05, 0.1) is 12.9 Å². The monoisotopic (exact) mass is 250 g/mol. The molecule has 6 heteroatoms. The van der Waals surface area contributed by atoms with E-state index in [1.165, 1.54) is 6.33 Å². The lowest BCUT2D eigenvalue weighted by atomic mass is 10.3. The molecule has 2 atom stereocenters. The lowest BCUT2D eigenvalue weighted by Gasteiger charge is -2.02. The Morgan fingerprint density at radius 2 is 2.18 bits per heavy atom. The van der Waals surface area contributed by atoms with E-state index in [2.05, 4.69) is 21.5 Å². The Kier molecular flexibility index (Phi) is 2.38. The molecule has 1 aliphatic carbocycles. The maximum atomic E-state index is 9.11. The highest BCUT2D eigenvalue weighted by atomic mass is 35.5. The third-order valence-electron chi connectivity index (χ3n) is 3.28. The van der Waals surface area contributed by atoms with E-state index < -0.39 is 0 Å². The Labute approximate surface area is 103 Å². The molecule has 5 nitrogen and oxygen atoms in total. The average Bonchev–Trinajstić information content (AvgIpc) is 2.74. The van der Waals surface area contributed by atoms with E-state index in [-0.39, 0.29) is 12.5 Å². The molecule has 88 valence electrons. The fraction of sp³-hybridized carbons (Fsp3) is 0.364. The molecule has 2 aromatic rings. The van der Waals surface area contributed by atoms with E-state index in [4.69, 9.17) is 16.7 Å². The summed E-state index contributed by atoms with van der Waals surface area (Å²) in [5.74, 6) is 0.504. The first-order chi connectivity index (χ1) is 8.22. The van der Waals surface area contributed by atoms with E-state index in [0.29, 0.717) is 23.3 Å². The highest BCUT2D eigenvalue weighted by molar-refractivity contribution is 6.33. The van der Waals surface area contributed by atoms with Crippen molar-refractivity contribution in [2.24, 2.45) is 11.8 Å². The van der Waals surface area contributed by atoms with Crippen LogP contribution < -0.4 is 0 Å². The Balaban J connectivity index is 1.94. The fourth-order valence-corrected chi connectivity index (χ4v) is 2.39. The van der Waals surface area contributed by atoms with Crippen molar-refractivity contribution in [1.29, 1.82) is 0 Å². The van der Waals surface area contributed by atoms with E-state index >= 15 is 0 Å². The minimum Gasteiger partial charge on any atom is -0.396 e. The van der Waals surface area contributed by atoms with Crippen LogP contribution in [0, 0.1) is 11.8 Å². The maximum absolute atomic E-state index is 9.11. The summed E-state index contributed by atoms with van der Waals surface area (Å²) in [5, 5.41) is 9.51. The lowest BCUT2D eigenvalue weighted by Crippen LogP contribution is -2.02. The molecule has 0 bridgehead atoms. The van der Waals surface area contributed by atoms with Crippen molar-refractivity contribution in [1.82, 2.24) is 19.5 Å². The van der Waals surface area contributed by atoms with Crippen LogP contribution in [0.5, 0.6) is 0 Å². The molecular formula is C11H11ClN4O. The van der Waals surface area contributed by atoms with Crippen LogP contribution in [0.2, 0.25) is 5.15 Å². The van der Waals surface area contributed by atoms with Gasteiger partial charge in [-0.25, -0.2) is 15.0 Å². The molecule has 3 rings (SSSR count). The Bertz CT molecular complexity index is 594. The normalized spacial score (nSPS) is 23.3. The topological polar surface area (TPSA) is 63.8 Å². The van der Waals surface area contributed by atoms with Crippen molar-refractivity contribution in [2.45, 2.75) is 6.54 Å². The zero-order chi connectivity index (χ0) is 12.0. The number of aromatic nitrogens is 4. The SMILES string of the molecule is C=C1[C@H](CO)[C@H]1Cn1cnc2ncnc(Cl)c21. The van der Waals surface area contributed by atoms with Gasteiger partial charge in [-0.2, -0.15) is 0 Å². The number of nitrogens with zero attached hydrogens (tertiary/aromatic N) is 4. The van der Waals surface area contributed by atoms with Gasteiger partial charge in [0.15, 0.2) is 10.8 Å². The largest absolute Gasteiger partial charge is 0.396 e. The van der Waals surface area contributed by atoms with Crippen LogP contribution in [-0.2, 0) is 6.54 Å². The first-order valence-electron chi connectivity index (χ1n) is 5.33. The number of rotatable bonds is 3. The van der Waals surface area contributed by atoms with Crippen LogP contribution in [0.4, 0.5) is 0 Å². The molecule has 0 spiro atoms. The molecule has 0 aliphatic heterocycles. The minimum atomic E-state index is 0.153. The number of hydrogen-bond acceptors (Lipinski definition) is 4. The van der Waals surface area contributed by atoms with Crippen molar-refractivity contribution in [3.05, 3.63) is 30.0 Å². The number of aliphatic hydroxyl groups is 1. The van der Waals surface area contributed by atoms with Crippen molar-refractivity contribution < 1.29 is 5.11 Å². The molecule has 0 saturated heterocycles. The molecule has 2 heterocycles. The summed E-state index contributed by atoms with van der Waals surface area (Å²) in [6.07, 6.45) is 3.10. The molecule has 0 radical (unpaired) electrons. The first-order valence-corrected chi connectivity index (χ1v) is 5.71. The smallest absolute Gasteiger partial charge is 0.182 e. The fourth-order valence-electron chi connectivity index (χ4n) is 2.16. The highest BCUT2D eigenvalue weighted by Crippen LogP contribution is 2.45. The highest BCUT2D eigenvalue weighted by Gasteiger charge is 2.41. The second kappa shape index (κ2) is 3.78. The molecule has 0 unspecified atom stereocenters. The quantitative estimate of drug-likeness (QED) is 0.658. The molecule has 1 saturated carbocycles. The molecule has 0 aromatic carbocycles. The van der Waals surface area contributed by atoms with E-state index in [1.807, 2.05) is 4.57 Å². The third kappa shape index (κ3) is 1.62. The van der Waals surface area contributed by atoms with Gasteiger partial charge in [-0.05, 0) is 0 Å². The zero-order valence-corrected chi connectivity index (χ0v) is 9.80. The summed E-state index contributed by atoms with van der Waals surface area (Å²) < 4.78 is 1.92. The second-order valence-electron chi connectivity index (χ2n) is 4.20.